The Morgan fingerprint density at radius 1 is 1.06 bits per heavy atom. The highest BCUT2D eigenvalue weighted by Gasteiger charge is 2.34. The molecule has 5 rings (SSSR count). The van der Waals surface area contributed by atoms with E-state index in [2.05, 4.69) is 29.7 Å². The van der Waals surface area contributed by atoms with Gasteiger partial charge in [-0.3, -0.25) is 4.98 Å². The van der Waals surface area contributed by atoms with E-state index in [0.29, 0.717) is 5.69 Å². The van der Waals surface area contributed by atoms with Crippen molar-refractivity contribution in [2.75, 3.05) is 11.9 Å². The Morgan fingerprint density at radius 2 is 1.88 bits per heavy atom. The number of hydrogen-bond donors (Lipinski definition) is 2. The van der Waals surface area contributed by atoms with Gasteiger partial charge in [-0.2, -0.15) is 13.2 Å². The Labute approximate surface area is 186 Å². The predicted octanol–water partition coefficient (Wildman–Crippen LogP) is 6.54. The Hall–Kier alpha value is -3.02. The number of aromatic nitrogens is 1. The van der Waals surface area contributed by atoms with Gasteiger partial charge in [-0.1, -0.05) is 24.3 Å². The van der Waals surface area contributed by atoms with E-state index in [9.17, 15) is 13.2 Å². The number of alkyl halides is 3. The van der Waals surface area contributed by atoms with Crippen LogP contribution in [0.5, 0.6) is 0 Å². The molecule has 1 aromatic heterocycles. The van der Waals surface area contributed by atoms with E-state index in [1.54, 1.807) is 6.07 Å². The van der Waals surface area contributed by atoms with Crippen LogP contribution in [0.3, 0.4) is 0 Å². The zero-order valence-corrected chi connectivity index (χ0v) is 18.1. The van der Waals surface area contributed by atoms with Crippen molar-refractivity contribution in [1.82, 2.24) is 10.3 Å². The van der Waals surface area contributed by atoms with E-state index in [-0.39, 0.29) is 5.56 Å². The predicted molar refractivity (Wildman–Crippen MR) is 121 cm³/mol. The van der Waals surface area contributed by atoms with Gasteiger partial charge in [0.1, 0.15) is 0 Å². The molecule has 0 atom stereocenters. The van der Waals surface area contributed by atoms with Crippen molar-refractivity contribution in [3.8, 4) is 11.3 Å². The number of nitrogens with zero attached hydrogens (tertiary/aromatic N) is 1. The van der Waals surface area contributed by atoms with Gasteiger partial charge in [0.05, 0.1) is 11.3 Å². The Bertz CT molecular complexity index is 1160. The summed E-state index contributed by atoms with van der Waals surface area (Å²) in [6.07, 6.45) is 5.56. The second-order valence-electron chi connectivity index (χ2n) is 8.70. The molecule has 2 aromatic rings. The maximum absolute atomic E-state index is 13.7. The minimum absolute atomic E-state index is 0.132. The van der Waals surface area contributed by atoms with Gasteiger partial charge in [0.25, 0.3) is 0 Å². The lowest BCUT2D eigenvalue weighted by Crippen LogP contribution is -2.27. The smallest absolute Gasteiger partial charge is 0.381 e. The van der Waals surface area contributed by atoms with Gasteiger partial charge in [0.2, 0.25) is 0 Å². The first-order chi connectivity index (χ1) is 15.4. The van der Waals surface area contributed by atoms with Gasteiger partial charge < -0.3 is 10.6 Å². The van der Waals surface area contributed by atoms with Crippen molar-refractivity contribution in [1.29, 1.82) is 0 Å². The van der Waals surface area contributed by atoms with Gasteiger partial charge in [0, 0.05) is 34.9 Å². The fourth-order valence-corrected chi connectivity index (χ4v) is 4.89. The van der Waals surface area contributed by atoms with Gasteiger partial charge >= 0.3 is 6.18 Å². The SMILES string of the molecule is CC1=C(Nc2cc(-c3ccccc3C(F)(F)F)nc3c2CCCC3)C2=C(C=CCC2)NC1. The van der Waals surface area contributed by atoms with E-state index < -0.39 is 11.7 Å². The van der Waals surface area contributed by atoms with Crippen LogP contribution in [0.1, 0.15) is 49.4 Å². The molecule has 2 N–H and O–H groups in total. The van der Waals surface area contributed by atoms with Gasteiger partial charge in [-0.05, 0) is 80.4 Å². The van der Waals surface area contributed by atoms with E-state index in [4.69, 9.17) is 4.98 Å². The summed E-state index contributed by atoms with van der Waals surface area (Å²) in [4.78, 5) is 4.72. The topological polar surface area (TPSA) is 37.0 Å². The molecule has 3 nitrogen and oxygen atoms in total. The van der Waals surface area contributed by atoms with E-state index in [1.165, 1.54) is 23.3 Å². The van der Waals surface area contributed by atoms with E-state index in [1.807, 2.05) is 6.07 Å². The van der Waals surface area contributed by atoms with Crippen LogP contribution in [0.4, 0.5) is 18.9 Å². The molecule has 3 aliphatic rings. The third-order valence-corrected chi connectivity index (χ3v) is 6.51. The number of nitrogens with one attached hydrogen (secondary N) is 2. The molecule has 0 radical (unpaired) electrons. The number of dihydropyridines is 1. The average Bonchev–Trinajstić information content (AvgIpc) is 2.80. The van der Waals surface area contributed by atoms with Gasteiger partial charge in [-0.25, -0.2) is 0 Å². The maximum atomic E-state index is 13.7. The third-order valence-electron chi connectivity index (χ3n) is 6.51. The number of benzene rings is 1. The van der Waals surface area contributed by atoms with Crippen LogP contribution in [0.2, 0.25) is 0 Å². The molecule has 1 aromatic carbocycles. The monoisotopic (exact) mass is 437 g/mol. The molecule has 2 aliphatic carbocycles. The molecular formula is C26H26F3N3. The summed E-state index contributed by atoms with van der Waals surface area (Å²) >= 11 is 0. The van der Waals surface area contributed by atoms with Gasteiger partial charge in [-0.15, -0.1) is 0 Å². The minimum Gasteiger partial charge on any atom is -0.381 e. The lowest BCUT2D eigenvalue weighted by Gasteiger charge is -2.30. The fraction of sp³-hybridized carbons (Fsp3) is 0.346. The van der Waals surface area contributed by atoms with Crippen molar-refractivity contribution >= 4 is 5.69 Å². The number of pyridine rings is 1. The Morgan fingerprint density at radius 3 is 2.72 bits per heavy atom. The Kier molecular flexibility index (Phi) is 5.31. The van der Waals surface area contributed by atoms with E-state index in [0.717, 1.165) is 79.5 Å². The zero-order valence-electron chi connectivity index (χ0n) is 18.1. The van der Waals surface area contributed by atoms with Crippen LogP contribution in [-0.4, -0.2) is 11.5 Å². The molecule has 0 bridgehead atoms. The number of allylic oxidation sites excluding steroid dienone is 3. The largest absolute Gasteiger partial charge is 0.417 e. The number of anilines is 1. The van der Waals surface area contributed by atoms with Crippen LogP contribution in [0, 0.1) is 0 Å². The summed E-state index contributed by atoms with van der Waals surface area (Å²) in [6.45, 7) is 2.85. The highest BCUT2D eigenvalue weighted by molar-refractivity contribution is 5.73. The third kappa shape index (κ3) is 3.83. The average molecular weight is 438 g/mol. The van der Waals surface area contributed by atoms with Crippen molar-refractivity contribution in [3.63, 3.8) is 0 Å². The molecule has 0 fully saturated rings. The van der Waals surface area contributed by atoms with Crippen LogP contribution < -0.4 is 10.6 Å². The van der Waals surface area contributed by atoms with Crippen molar-refractivity contribution in [2.45, 2.75) is 51.6 Å². The first-order valence-electron chi connectivity index (χ1n) is 11.2. The molecule has 1 aliphatic heterocycles. The lowest BCUT2D eigenvalue weighted by molar-refractivity contribution is -0.137. The van der Waals surface area contributed by atoms with Crippen molar-refractivity contribution in [3.05, 3.63) is 81.8 Å². The highest BCUT2D eigenvalue weighted by atomic mass is 19.4. The zero-order chi connectivity index (χ0) is 22.3. The first kappa shape index (κ1) is 20.9. The number of halogens is 3. The number of rotatable bonds is 3. The number of fused-ring (bicyclic) bond motifs is 1. The quantitative estimate of drug-likeness (QED) is 0.573. The molecule has 0 spiro atoms. The summed E-state index contributed by atoms with van der Waals surface area (Å²) in [5.41, 5.74) is 7.49. The van der Waals surface area contributed by atoms with E-state index >= 15 is 0 Å². The molecule has 166 valence electrons. The molecule has 6 heteroatoms. The molecule has 0 amide bonds. The minimum atomic E-state index is -4.43. The number of hydrogen-bond acceptors (Lipinski definition) is 3. The summed E-state index contributed by atoms with van der Waals surface area (Å²) in [6, 6.07) is 7.54. The van der Waals surface area contributed by atoms with Crippen LogP contribution in [-0.2, 0) is 19.0 Å². The summed E-state index contributed by atoms with van der Waals surface area (Å²) in [7, 11) is 0. The van der Waals surface area contributed by atoms with Crippen molar-refractivity contribution in [2.24, 2.45) is 0 Å². The van der Waals surface area contributed by atoms with Crippen LogP contribution in [0.25, 0.3) is 11.3 Å². The van der Waals surface area contributed by atoms with Gasteiger partial charge in [0.15, 0.2) is 0 Å². The summed E-state index contributed by atoms with van der Waals surface area (Å²) in [5.74, 6) is 0. The molecule has 0 saturated heterocycles. The second-order valence-corrected chi connectivity index (χ2v) is 8.70. The second kappa shape index (κ2) is 8.15. The van der Waals surface area contributed by atoms with Crippen LogP contribution >= 0.6 is 0 Å². The maximum Gasteiger partial charge on any atom is 0.417 e. The fourth-order valence-electron chi connectivity index (χ4n) is 4.89. The van der Waals surface area contributed by atoms with Crippen LogP contribution in [0.15, 0.2) is 65.0 Å². The molecule has 32 heavy (non-hydrogen) atoms. The molecule has 2 heterocycles. The molecular weight excluding hydrogens is 411 g/mol. The summed E-state index contributed by atoms with van der Waals surface area (Å²) in [5, 5.41) is 7.12. The molecule has 0 unspecified atom stereocenters. The Balaban J connectivity index is 1.63. The lowest BCUT2D eigenvalue weighted by atomic mass is 9.90. The van der Waals surface area contributed by atoms with Crippen molar-refractivity contribution < 1.29 is 13.2 Å². The first-order valence-corrected chi connectivity index (χ1v) is 11.2. The highest BCUT2D eigenvalue weighted by Crippen LogP contribution is 2.40. The molecule has 0 saturated carbocycles. The standard InChI is InChI=1S/C26H26F3N3/c1-16-15-30-21-12-6-4-10-19(21)25(16)32-24-14-23(31-22-13-7-3-9-18(22)24)17-8-2-5-11-20(17)26(27,28)29/h2,5-6,8,11-12,14,30H,3-4,7,9-10,13,15H2,1H3,(H,31,32). The normalized spacial score (nSPS) is 18.2. The number of aryl methyl sites for hydroxylation is 1. The summed E-state index contributed by atoms with van der Waals surface area (Å²) < 4.78 is 41.1.